The summed E-state index contributed by atoms with van der Waals surface area (Å²) in [5.41, 5.74) is 1.86. The maximum Gasteiger partial charge on any atom is 0.304 e. The van der Waals surface area contributed by atoms with Crippen LogP contribution in [0, 0.1) is 11.8 Å². The van der Waals surface area contributed by atoms with Crippen molar-refractivity contribution >= 4 is 12.3 Å². The van der Waals surface area contributed by atoms with E-state index in [9.17, 15) is 9.59 Å². The maximum atomic E-state index is 11.1. The molecule has 2 aliphatic carbocycles. The van der Waals surface area contributed by atoms with Crippen LogP contribution < -0.4 is 0 Å². The van der Waals surface area contributed by atoms with E-state index in [1.54, 1.807) is 0 Å². The summed E-state index contributed by atoms with van der Waals surface area (Å²) in [6, 6.07) is 0.396. The standard InChI is InChI=1S/C18H27N3O3/c1-11(2)7-12-8-15(9-12)21-18(13-3-4-13)17(19-20-21)14(5-6-22)10-16(23)24/h6,11-15H,3-5,7-10H2,1-2H3,(H,23,24). The van der Waals surface area contributed by atoms with Crippen LogP contribution in [0.2, 0.25) is 0 Å². The molecule has 0 aromatic carbocycles. The highest BCUT2D eigenvalue weighted by atomic mass is 16.4. The Morgan fingerprint density at radius 2 is 2.08 bits per heavy atom. The van der Waals surface area contributed by atoms with Crippen LogP contribution in [0.5, 0.6) is 0 Å². The van der Waals surface area contributed by atoms with Crippen molar-refractivity contribution in [2.24, 2.45) is 11.8 Å². The van der Waals surface area contributed by atoms with Gasteiger partial charge in [-0.2, -0.15) is 0 Å². The molecule has 1 aromatic rings. The van der Waals surface area contributed by atoms with Gasteiger partial charge in [0.2, 0.25) is 0 Å². The molecule has 2 aliphatic rings. The van der Waals surface area contributed by atoms with Gasteiger partial charge < -0.3 is 9.90 Å². The molecule has 6 nitrogen and oxygen atoms in total. The van der Waals surface area contributed by atoms with Gasteiger partial charge in [-0.3, -0.25) is 4.79 Å². The molecule has 6 heteroatoms. The Labute approximate surface area is 142 Å². The van der Waals surface area contributed by atoms with Gasteiger partial charge in [0, 0.05) is 18.3 Å². The smallest absolute Gasteiger partial charge is 0.304 e. The van der Waals surface area contributed by atoms with Crippen LogP contribution in [-0.2, 0) is 9.59 Å². The first-order valence-corrected chi connectivity index (χ1v) is 9.10. The maximum absolute atomic E-state index is 11.1. The van der Waals surface area contributed by atoms with Crippen molar-refractivity contribution in [3.05, 3.63) is 11.4 Å². The number of hydrogen-bond donors (Lipinski definition) is 1. The summed E-state index contributed by atoms with van der Waals surface area (Å²) in [6.07, 6.45) is 6.70. The zero-order chi connectivity index (χ0) is 17.3. The summed E-state index contributed by atoms with van der Waals surface area (Å²) < 4.78 is 2.06. The molecule has 24 heavy (non-hydrogen) atoms. The molecule has 2 fully saturated rings. The quantitative estimate of drug-likeness (QED) is 0.701. The monoisotopic (exact) mass is 333 g/mol. The first-order valence-electron chi connectivity index (χ1n) is 9.10. The molecule has 1 unspecified atom stereocenters. The van der Waals surface area contributed by atoms with E-state index in [0.29, 0.717) is 12.0 Å². The molecule has 0 aliphatic heterocycles. The SMILES string of the molecule is CC(C)CC1CC(n2nnc(C(CC=O)CC(=O)O)c2C2CC2)C1. The number of hydrogen-bond acceptors (Lipinski definition) is 4. The fourth-order valence-corrected chi connectivity index (χ4v) is 4.00. The number of carbonyl (C=O) groups is 2. The lowest BCUT2D eigenvalue weighted by Crippen LogP contribution is -2.29. The number of aldehydes is 1. The summed E-state index contributed by atoms with van der Waals surface area (Å²) in [4.78, 5) is 22.1. The van der Waals surface area contributed by atoms with Gasteiger partial charge >= 0.3 is 5.97 Å². The molecule has 0 bridgehead atoms. The molecule has 0 spiro atoms. The average molecular weight is 333 g/mol. The Kier molecular flexibility index (Phi) is 5.01. The van der Waals surface area contributed by atoms with Crippen molar-refractivity contribution < 1.29 is 14.7 Å². The van der Waals surface area contributed by atoms with Crippen LogP contribution in [0.15, 0.2) is 0 Å². The number of aliphatic carboxylic acids is 1. The van der Waals surface area contributed by atoms with Crippen LogP contribution >= 0.6 is 0 Å². The lowest BCUT2D eigenvalue weighted by atomic mass is 9.75. The molecule has 1 atom stereocenters. The van der Waals surface area contributed by atoms with E-state index in [1.807, 2.05) is 0 Å². The third kappa shape index (κ3) is 3.68. The summed E-state index contributed by atoms with van der Waals surface area (Å²) in [5, 5.41) is 17.8. The van der Waals surface area contributed by atoms with Crippen LogP contribution in [0.1, 0.15) is 88.1 Å². The number of nitrogens with zero attached hydrogens (tertiary/aromatic N) is 3. The van der Waals surface area contributed by atoms with E-state index in [1.165, 1.54) is 6.42 Å². The van der Waals surface area contributed by atoms with E-state index in [2.05, 4.69) is 28.8 Å². The van der Waals surface area contributed by atoms with Gasteiger partial charge in [0.1, 0.15) is 6.29 Å². The summed E-state index contributed by atoms with van der Waals surface area (Å²) in [5.74, 6) is 0.689. The minimum Gasteiger partial charge on any atom is -0.481 e. The molecule has 2 saturated carbocycles. The fraction of sp³-hybridized carbons (Fsp3) is 0.778. The molecular formula is C18H27N3O3. The summed E-state index contributed by atoms with van der Waals surface area (Å²) >= 11 is 0. The normalized spacial score (nSPS) is 24.6. The van der Waals surface area contributed by atoms with Gasteiger partial charge in [0.15, 0.2) is 0 Å². The highest BCUT2D eigenvalue weighted by Gasteiger charge is 2.39. The van der Waals surface area contributed by atoms with Crippen molar-refractivity contribution in [3.63, 3.8) is 0 Å². The third-order valence-corrected chi connectivity index (χ3v) is 5.27. The number of carbonyl (C=O) groups excluding carboxylic acids is 1. The Morgan fingerprint density at radius 3 is 2.62 bits per heavy atom. The molecule has 0 saturated heterocycles. The van der Waals surface area contributed by atoms with Crippen molar-refractivity contribution in [1.29, 1.82) is 0 Å². The average Bonchev–Trinajstić information content (AvgIpc) is 3.21. The van der Waals surface area contributed by atoms with Crippen LogP contribution in [-0.4, -0.2) is 32.4 Å². The highest BCUT2D eigenvalue weighted by molar-refractivity contribution is 5.69. The van der Waals surface area contributed by atoms with E-state index in [4.69, 9.17) is 5.11 Å². The van der Waals surface area contributed by atoms with Gasteiger partial charge in [-0.05, 0) is 43.9 Å². The topological polar surface area (TPSA) is 85.1 Å². The van der Waals surface area contributed by atoms with Crippen LogP contribution in [0.25, 0.3) is 0 Å². The number of rotatable bonds is 9. The fourth-order valence-electron chi connectivity index (χ4n) is 4.00. The molecule has 1 heterocycles. The van der Waals surface area contributed by atoms with Gasteiger partial charge in [-0.1, -0.05) is 19.1 Å². The number of carboxylic acid groups (broad SMARTS) is 1. The van der Waals surface area contributed by atoms with E-state index in [0.717, 1.165) is 55.2 Å². The second kappa shape index (κ2) is 7.03. The summed E-state index contributed by atoms with van der Waals surface area (Å²) in [6.45, 7) is 4.51. The Hall–Kier alpha value is -1.72. The van der Waals surface area contributed by atoms with Gasteiger partial charge in [0.05, 0.1) is 23.9 Å². The molecule has 3 rings (SSSR count). The van der Waals surface area contributed by atoms with E-state index >= 15 is 0 Å². The minimum atomic E-state index is -0.890. The van der Waals surface area contributed by atoms with Gasteiger partial charge in [-0.25, -0.2) is 4.68 Å². The molecular weight excluding hydrogens is 306 g/mol. The molecule has 0 radical (unpaired) electrons. The van der Waals surface area contributed by atoms with Crippen molar-refractivity contribution in [2.75, 3.05) is 0 Å². The molecule has 1 aromatic heterocycles. The van der Waals surface area contributed by atoms with Crippen LogP contribution in [0.4, 0.5) is 0 Å². The molecule has 0 amide bonds. The third-order valence-electron chi connectivity index (χ3n) is 5.27. The van der Waals surface area contributed by atoms with Crippen molar-refractivity contribution in [1.82, 2.24) is 15.0 Å². The van der Waals surface area contributed by atoms with E-state index in [-0.39, 0.29) is 18.8 Å². The van der Waals surface area contributed by atoms with Gasteiger partial charge in [-0.15, -0.1) is 5.10 Å². The van der Waals surface area contributed by atoms with Gasteiger partial charge in [0.25, 0.3) is 0 Å². The molecule has 1 N–H and O–H groups in total. The van der Waals surface area contributed by atoms with Crippen molar-refractivity contribution in [2.45, 2.75) is 76.7 Å². The van der Waals surface area contributed by atoms with E-state index < -0.39 is 5.97 Å². The lowest BCUT2D eigenvalue weighted by molar-refractivity contribution is -0.137. The number of aromatic nitrogens is 3. The largest absolute Gasteiger partial charge is 0.481 e. The number of carboxylic acids is 1. The zero-order valence-electron chi connectivity index (χ0n) is 14.5. The van der Waals surface area contributed by atoms with Crippen molar-refractivity contribution in [3.8, 4) is 0 Å². The first-order chi connectivity index (χ1) is 11.5. The highest BCUT2D eigenvalue weighted by Crippen LogP contribution is 2.48. The van der Waals surface area contributed by atoms with Crippen LogP contribution in [0.3, 0.4) is 0 Å². The Morgan fingerprint density at radius 1 is 1.38 bits per heavy atom. The predicted molar refractivity (Wildman–Crippen MR) is 88.9 cm³/mol. The zero-order valence-corrected chi connectivity index (χ0v) is 14.5. The first kappa shape index (κ1) is 17.1. The summed E-state index contributed by atoms with van der Waals surface area (Å²) in [7, 11) is 0. The lowest BCUT2D eigenvalue weighted by Gasteiger charge is -2.37. The Balaban J connectivity index is 1.78. The minimum absolute atomic E-state index is 0.0577. The Bertz CT molecular complexity index is 601. The second-order valence-electron chi connectivity index (χ2n) is 7.90. The second-order valence-corrected chi connectivity index (χ2v) is 7.90. The predicted octanol–water partition coefficient (Wildman–Crippen LogP) is 3.30. The molecule has 132 valence electrons.